The molecule has 1 atom stereocenters. The molecule has 1 N–H and O–H groups in total. The van der Waals surface area contributed by atoms with Gasteiger partial charge in [-0.15, -0.1) is 0 Å². The number of hydrogen-bond donors (Lipinski definition) is 1. The van der Waals surface area contributed by atoms with Crippen molar-refractivity contribution in [1.82, 2.24) is 29.3 Å². The van der Waals surface area contributed by atoms with Gasteiger partial charge in [0.05, 0.1) is 17.6 Å². The van der Waals surface area contributed by atoms with E-state index in [9.17, 15) is 4.79 Å². The SMILES string of the molecule is CC(C)n1c(-c2ccnc(Nc3ccc(C(=O)N4CC[C@@H](N(C)C)C4)cc3)n2)cnc1C1CC1. The van der Waals surface area contributed by atoms with Crippen LogP contribution in [0.15, 0.2) is 42.7 Å². The van der Waals surface area contributed by atoms with Crippen LogP contribution in [0.4, 0.5) is 11.6 Å². The van der Waals surface area contributed by atoms with Crippen molar-refractivity contribution in [2.45, 2.75) is 51.1 Å². The molecule has 34 heavy (non-hydrogen) atoms. The summed E-state index contributed by atoms with van der Waals surface area (Å²) < 4.78 is 2.30. The van der Waals surface area contributed by atoms with Crippen LogP contribution in [0.5, 0.6) is 0 Å². The van der Waals surface area contributed by atoms with Gasteiger partial charge in [0.15, 0.2) is 0 Å². The number of carbonyl (C=O) groups is 1. The van der Waals surface area contributed by atoms with Gasteiger partial charge in [-0.25, -0.2) is 15.0 Å². The van der Waals surface area contributed by atoms with Crippen LogP contribution in [0.1, 0.15) is 61.3 Å². The van der Waals surface area contributed by atoms with Gasteiger partial charge in [0, 0.05) is 48.5 Å². The van der Waals surface area contributed by atoms with Crippen LogP contribution in [0.3, 0.4) is 0 Å². The van der Waals surface area contributed by atoms with Crippen LogP contribution in [0.25, 0.3) is 11.4 Å². The maximum Gasteiger partial charge on any atom is 0.253 e. The van der Waals surface area contributed by atoms with E-state index in [1.54, 1.807) is 6.20 Å². The summed E-state index contributed by atoms with van der Waals surface area (Å²) >= 11 is 0. The normalized spacial score (nSPS) is 18.2. The molecule has 1 amide bonds. The summed E-state index contributed by atoms with van der Waals surface area (Å²) in [6.45, 7) is 5.95. The Morgan fingerprint density at radius 2 is 1.85 bits per heavy atom. The third kappa shape index (κ3) is 4.55. The van der Waals surface area contributed by atoms with Gasteiger partial charge in [0.2, 0.25) is 5.95 Å². The number of likely N-dealkylation sites (N-methyl/N-ethyl adjacent to an activating group) is 1. The Hall–Kier alpha value is -3.26. The highest BCUT2D eigenvalue weighted by molar-refractivity contribution is 5.94. The number of aromatic nitrogens is 4. The van der Waals surface area contributed by atoms with Crippen molar-refractivity contribution in [3.63, 3.8) is 0 Å². The van der Waals surface area contributed by atoms with Crippen molar-refractivity contribution < 1.29 is 4.79 Å². The molecule has 0 spiro atoms. The Balaban J connectivity index is 1.30. The molecule has 0 unspecified atom stereocenters. The third-order valence-electron chi connectivity index (χ3n) is 6.77. The van der Waals surface area contributed by atoms with Crippen molar-refractivity contribution in [3.8, 4) is 11.4 Å². The maximum absolute atomic E-state index is 12.9. The monoisotopic (exact) mass is 459 g/mol. The quantitative estimate of drug-likeness (QED) is 0.567. The largest absolute Gasteiger partial charge is 0.337 e. The minimum Gasteiger partial charge on any atom is -0.337 e. The molecule has 2 aliphatic rings. The lowest BCUT2D eigenvalue weighted by atomic mass is 10.2. The van der Waals surface area contributed by atoms with E-state index >= 15 is 0 Å². The lowest BCUT2D eigenvalue weighted by Crippen LogP contribution is -2.34. The van der Waals surface area contributed by atoms with Gasteiger partial charge in [-0.05, 0) is 77.5 Å². The summed E-state index contributed by atoms with van der Waals surface area (Å²) in [5, 5.41) is 3.28. The minimum absolute atomic E-state index is 0.0857. The molecule has 2 aromatic heterocycles. The second-order valence-corrected chi connectivity index (χ2v) is 9.86. The Labute approximate surface area is 201 Å². The molecule has 1 saturated carbocycles. The summed E-state index contributed by atoms with van der Waals surface area (Å²) in [5.41, 5.74) is 3.41. The molecular weight excluding hydrogens is 426 g/mol. The summed E-state index contributed by atoms with van der Waals surface area (Å²) in [6.07, 6.45) is 7.15. The first-order valence-corrected chi connectivity index (χ1v) is 12.1. The summed E-state index contributed by atoms with van der Waals surface area (Å²) in [7, 11) is 4.14. The Bertz CT molecular complexity index is 1160. The van der Waals surface area contributed by atoms with Crippen molar-refractivity contribution in [2.24, 2.45) is 0 Å². The molecule has 1 saturated heterocycles. The van der Waals surface area contributed by atoms with E-state index in [2.05, 4.69) is 47.7 Å². The summed E-state index contributed by atoms with van der Waals surface area (Å²) in [4.78, 5) is 30.9. The van der Waals surface area contributed by atoms with Gasteiger partial charge < -0.3 is 19.7 Å². The summed E-state index contributed by atoms with van der Waals surface area (Å²) in [5.74, 6) is 2.34. The lowest BCUT2D eigenvalue weighted by molar-refractivity contribution is 0.0783. The zero-order chi connectivity index (χ0) is 23.8. The van der Waals surface area contributed by atoms with Crippen LogP contribution in [-0.2, 0) is 0 Å². The average Bonchev–Trinajstić information content (AvgIpc) is 3.37. The predicted octanol–water partition coefficient (Wildman–Crippen LogP) is 4.32. The molecule has 1 aliphatic carbocycles. The summed E-state index contributed by atoms with van der Waals surface area (Å²) in [6, 6.07) is 10.2. The first-order chi connectivity index (χ1) is 16.4. The second-order valence-electron chi connectivity index (χ2n) is 9.86. The first-order valence-electron chi connectivity index (χ1n) is 12.1. The molecule has 8 nitrogen and oxygen atoms in total. The first kappa shape index (κ1) is 22.5. The number of carbonyl (C=O) groups excluding carboxylic acids is 1. The number of nitrogens with one attached hydrogen (secondary N) is 1. The standard InChI is InChI=1S/C26H33N7O/c1-17(2)33-23(15-28-24(33)18-5-6-18)22-11-13-27-26(30-22)29-20-9-7-19(8-10-20)25(34)32-14-12-21(16-32)31(3)4/h7-11,13,15,17-18,21H,5-6,12,14,16H2,1-4H3,(H,27,29,30)/t21-/m1/s1. The number of likely N-dealkylation sites (tertiary alicyclic amines) is 1. The number of amides is 1. The zero-order valence-electron chi connectivity index (χ0n) is 20.4. The number of anilines is 2. The Morgan fingerprint density at radius 3 is 2.50 bits per heavy atom. The molecule has 0 bridgehead atoms. The second kappa shape index (κ2) is 9.18. The van der Waals surface area contributed by atoms with Crippen LogP contribution in [0.2, 0.25) is 0 Å². The number of benzene rings is 1. The number of rotatable bonds is 7. The van der Waals surface area contributed by atoms with Gasteiger partial charge >= 0.3 is 0 Å². The third-order valence-corrected chi connectivity index (χ3v) is 6.77. The fourth-order valence-corrected chi connectivity index (χ4v) is 4.67. The molecule has 2 fully saturated rings. The number of imidazole rings is 1. The molecule has 3 aromatic rings. The van der Waals surface area contributed by atoms with Gasteiger partial charge in [0.25, 0.3) is 5.91 Å². The topological polar surface area (TPSA) is 79.2 Å². The van der Waals surface area contributed by atoms with E-state index < -0.39 is 0 Å². The van der Waals surface area contributed by atoms with Crippen molar-refractivity contribution in [1.29, 1.82) is 0 Å². The molecule has 0 radical (unpaired) electrons. The fraction of sp³-hybridized carbons (Fsp3) is 0.462. The maximum atomic E-state index is 12.9. The Kier molecular flexibility index (Phi) is 6.08. The van der Waals surface area contributed by atoms with Gasteiger partial charge in [-0.2, -0.15) is 0 Å². The molecule has 3 heterocycles. The zero-order valence-corrected chi connectivity index (χ0v) is 20.4. The van der Waals surface area contributed by atoms with Crippen molar-refractivity contribution >= 4 is 17.5 Å². The molecule has 1 aliphatic heterocycles. The van der Waals surface area contributed by atoms with Crippen LogP contribution in [0, 0.1) is 0 Å². The van der Waals surface area contributed by atoms with E-state index in [4.69, 9.17) is 9.97 Å². The molecule has 1 aromatic carbocycles. The lowest BCUT2D eigenvalue weighted by Gasteiger charge is -2.20. The highest BCUT2D eigenvalue weighted by atomic mass is 16.2. The number of nitrogens with zero attached hydrogens (tertiary/aromatic N) is 6. The number of hydrogen-bond acceptors (Lipinski definition) is 6. The molecular formula is C26H33N7O. The van der Waals surface area contributed by atoms with E-state index in [-0.39, 0.29) is 5.91 Å². The van der Waals surface area contributed by atoms with Crippen LogP contribution in [-0.4, -0.2) is 68.5 Å². The Morgan fingerprint density at radius 1 is 1.09 bits per heavy atom. The van der Waals surface area contributed by atoms with Crippen molar-refractivity contribution in [3.05, 3.63) is 54.1 Å². The van der Waals surface area contributed by atoms with E-state index in [0.29, 0.717) is 29.5 Å². The van der Waals surface area contributed by atoms with Gasteiger partial charge in [-0.3, -0.25) is 4.79 Å². The van der Waals surface area contributed by atoms with Crippen molar-refractivity contribution in [2.75, 3.05) is 32.5 Å². The average molecular weight is 460 g/mol. The highest BCUT2D eigenvalue weighted by Crippen LogP contribution is 2.41. The van der Waals surface area contributed by atoms with Gasteiger partial charge in [-0.1, -0.05) is 0 Å². The van der Waals surface area contributed by atoms with Gasteiger partial charge in [0.1, 0.15) is 5.82 Å². The molecule has 178 valence electrons. The van der Waals surface area contributed by atoms with E-state index in [1.807, 2.05) is 41.4 Å². The minimum atomic E-state index is 0.0857. The fourth-order valence-electron chi connectivity index (χ4n) is 4.67. The predicted molar refractivity (Wildman–Crippen MR) is 133 cm³/mol. The highest BCUT2D eigenvalue weighted by Gasteiger charge is 2.31. The van der Waals surface area contributed by atoms with Crippen LogP contribution < -0.4 is 5.32 Å². The molecule has 5 rings (SSSR count). The van der Waals surface area contributed by atoms with E-state index in [1.165, 1.54) is 12.8 Å². The van der Waals surface area contributed by atoms with Crippen LogP contribution >= 0.6 is 0 Å². The molecule has 8 heteroatoms. The van der Waals surface area contributed by atoms with E-state index in [0.717, 1.165) is 42.4 Å². The smallest absolute Gasteiger partial charge is 0.253 e.